The van der Waals surface area contributed by atoms with Crippen molar-refractivity contribution in [2.45, 2.75) is 46.5 Å². The summed E-state index contributed by atoms with van der Waals surface area (Å²) in [5.41, 5.74) is 1.76. The van der Waals surface area contributed by atoms with Gasteiger partial charge in [0.2, 0.25) is 5.91 Å². The molecule has 4 rings (SSSR count). The molecule has 0 saturated carbocycles. The van der Waals surface area contributed by atoms with Gasteiger partial charge < -0.3 is 10.6 Å². The molecule has 166 valence electrons. The van der Waals surface area contributed by atoms with E-state index in [2.05, 4.69) is 56.8 Å². The average molecular weight is 451 g/mol. The number of rotatable bonds is 6. The van der Waals surface area contributed by atoms with Gasteiger partial charge in [-0.05, 0) is 48.1 Å². The second-order valence-electron chi connectivity index (χ2n) is 8.60. The fourth-order valence-electron chi connectivity index (χ4n) is 3.44. The highest BCUT2D eigenvalue weighted by atomic mass is 32.1. The highest BCUT2D eigenvalue weighted by Crippen LogP contribution is 2.33. The van der Waals surface area contributed by atoms with Gasteiger partial charge in [0.05, 0.1) is 11.4 Å². The predicted octanol–water partition coefficient (Wildman–Crippen LogP) is 4.02. The lowest BCUT2D eigenvalue weighted by Crippen LogP contribution is -2.16. The van der Waals surface area contributed by atoms with E-state index in [-0.39, 0.29) is 11.3 Å². The number of amides is 1. The Hall–Kier alpha value is -3.40. The van der Waals surface area contributed by atoms with Gasteiger partial charge in [0.15, 0.2) is 11.0 Å². The van der Waals surface area contributed by atoms with Crippen LogP contribution in [-0.2, 0) is 10.2 Å². The highest BCUT2D eigenvalue weighted by molar-refractivity contribution is 7.16. The Balaban J connectivity index is 1.42. The van der Waals surface area contributed by atoms with Crippen LogP contribution in [0.15, 0.2) is 30.5 Å². The van der Waals surface area contributed by atoms with Crippen molar-refractivity contribution in [2.24, 2.45) is 0 Å². The van der Waals surface area contributed by atoms with E-state index in [4.69, 9.17) is 0 Å². The summed E-state index contributed by atoms with van der Waals surface area (Å²) in [4.78, 5) is 24.1. The summed E-state index contributed by atoms with van der Waals surface area (Å²) in [5, 5.41) is 21.0. The summed E-state index contributed by atoms with van der Waals surface area (Å²) < 4.78 is 0. The number of aromatic nitrogens is 6. The quantitative estimate of drug-likeness (QED) is 0.456. The van der Waals surface area contributed by atoms with Gasteiger partial charge in [-0.25, -0.2) is 9.97 Å². The van der Waals surface area contributed by atoms with Gasteiger partial charge >= 0.3 is 0 Å². The zero-order valence-corrected chi connectivity index (χ0v) is 19.6. The topological polar surface area (TPSA) is 111 Å². The maximum Gasteiger partial charge on any atom is 0.227 e. The van der Waals surface area contributed by atoms with Crippen molar-refractivity contribution in [1.82, 2.24) is 30.2 Å². The monoisotopic (exact) mass is 450 g/mol. The molecule has 0 bridgehead atoms. The van der Waals surface area contributed by atoms with Crippen LogP contribution >= 0.6 is 11.3 Å². The maximum absolute atomic E-state index is 12.4. The maximum atomic E-state index is 12.4. The van der Waals surface area contributed by atoms with Crippen LogP contribution < -0.4 is 10.6 Å². The number of hydrogen-bond donors (Lipinski definition) is 2. The average Bonchev–Trinajstić information content (AvgIpc) is 3.33. The van der Waals surface area contributed by atoms with Gasteiger partial charge in [-0.1, -0.05) is 26.8 Å². The fraction of sp³-hybridized carbons (Fsp3) is 0.364. The summed E-state index contributed by atoms with van der Waals surface area (Å²) in [6.45, 7) is 10.6. The molecule has 0 aliphatic heterocycles. The Bertz CT molecular complexity index is 1270. The minimum atomic E-state index is -0.0880. The Labute approximate surface area is 190 Å². The molecule has 0 spiro atoms. The van der Waals surface area contributed by atoms with Crippen molar-refractivity contribution in [3.05, 3.63) is 46.9 Å². The van der Waals surface area contributed by atoms with E-state index in [1.165, 1.54) is 21.0 Å². The van der Waals surface area contributed by atoms with E-state index < -0.39 is 0 Å². The van der Waals surface area contributed by atoms with Crippen LogP contribution in [0.1, 0.15) is 43.6 Å². The van der Waals surface area contributed by atoms with Crippen LogP contribution in [0.5, 0.6) is 0 Å². The van der Waals surface area contributed by atoms with Crippen LogP contribution in [-0.4, -0.2) is 42.6 Å². The number of anilines is 2. The molecule has 1 amide bonds. The second kappa shape index (κ2) is 8.62. The number of hydrogen-bond acceptors (Lipinski definition) is 8. The number of carbonyl (C=O) groups excluding carboxylic acids is 1. The van der Waals surface area contributed by atoms with Gasteiger partial charge in [0.25, 0.3) is 0 Å². The van der Waals surface area contributed by atoms with Crippen molar-refractivity contribution in [1.29, 1.82) is 0 Å². The minimum absolute atomic E-state index is 0.00558. The number of thiazole rings is 1. The smallest absolute Gasteiger partial charge is 0.227 e. The molecule has 0 aliphatic carbocycles. The van der Waals surface area contributed by atoms with Gasteiger partial charge in [-0.15, -0.1) is 26.3 Å². The van der Waals surface area contributed by atoms with Crippen LogP contribution in [0.2, 0.25) is 0 Å². The molecule has 32 heavy (non-hydrogen) atoms. The van der Waals surface area contributed by atoms with Crippen LogP contribution in [0.25, 0.3) is 16.5 Å². The summed E-state index contributed by atoms with van der Waals surface area (Å²) in [7, 11) is 0. The predicted molar refractivity (Wildman–Crippen MR) is 126 cm³/mol. The van der Waals surface area contributed by atoms with E-state index in [0.717, 1.165) is 22.2 Å². The number of nitrogens with one attached hydrogen (secondary N) is 2. The van der Waals surface area contributed by atoms with Gasteiger partial charge in [0, 0.05) is 29.4 Å². The van der Waals surface area contributed by atoms with E-state index in [0.29, 0.717) is 29.7 Å². The molecule has 2 N–H and O–H groups in total. The molecule has 9 nitrogen and oxygen atoms in total. The van der Waals surface area contributed by atoms with E-state index in [9.17, 15) is 4.79 Å². The molecular formula is C22H26N8OS. The molecule has 0 aliphatic rings. The number of nitrogens with zero attached hydrogens (tertiary/aromatic N) is 6. The lowest BCUT2D eigenvalue weighted by molar-refractivity contribution is -0.115. The third kappa shape index (κ3) is 4.75. The lowest BCUT2D eigenvalue weighted by atomic mass is 9.94. The molecule has 4 aromatic rings. The van der Waals surface area contributed by atoms with Gasteiger partial charge in [-0.3, -0.25) is 4.79 Å². The van der Waals surface area contributed by atoms with Crippen LogP contribution in [0.3, 0.4) is 0 Å². The normalized spacial score (nSPS) is 11.7. The molecule has 0 radical (unpaired) electrons. The van der Waals surface area contributed by atoms with Crippen molar-refractivity contribution in [3.8, 4) is 5.69 Å². The van der Waals surface area contributed by atoms with Gasteiger partial charge in [0.1, 0.15) is 5.82 Å². The number of pyridine rings is 1. The Morgan fingerprint density at radius 3 is 2.69 bits per heavy atom. The summed E-state index contributed by atoms with van der Waals surface area (Å²) >= 11 is 1.53. The first kappa shape index (κ1) is 21.8. The number of carbonyl (C=O) groups is 1. The number of benzene rings is 1. The molecule has 3 aromatic heterocycles. The Morgan fingerprint density at radius 2 is 2.00 bits per heavy atom. The number of fused-ring (bicyclic) bond motifs is 1. The SMILES string of the molecule is Cc1nnn(-c2ccc3ccnc(NCCC(=O)Nc4nc(C)c(C(C)(C)C)s4)c3c2)n1. The summed E-state index contributed by atoms with van der Waals surface area (Å²) in [6.07, 6.45) is 2.04. The zero-order chi connectivity index (χ0) is 22.9. The summed E-state index contributed by atoms with van der Waals surface area (Å²) in [6, 6.07) is 7.82. The fourth-order valence-corrected chi connectivity index (χ4v) is 4.48. The standard InChI is InChI=1S/C22H26N8OS/c1-13-19(22(3,4)5)32-21(25-13)26-18(31)9-11-24-20-17-12-16(30-28-14(2)27-29-30)7-6-15(17)8-10-23-20/h6-8,10,12H,9,11H2,1-5H3,(H,23,24)(H,25,26,31). The van der Waals surface area contributed by atoms with Crippen molar-refractivity contribution < 1.29 is 4.79 Å². The third-order valence-electron chi connectivity index (χ3n) is 4.86. The van der Waals surface area contributed by atoms with E-state index >= 15 is 0 Å². The first-order chi connectivity index (χ1) is 15.2. The zero-order valence-electron chi connectivity index (χ0n) is 18.8. The number of tetrazole rings is 1. The summed E-state index contributed by atoms with van der Waals surface area (Å²) in [5.74, 6) is 1.22. The molecule has 3 heterocycles. The number of aryl methyl sites for hydroxylation is 2. The molecule has 1 aromatic carbocycles. The Morgan fingerprint density at radius 1 is 1.19 bits per heavy atom. The molecule has 0 atom stereocenters. The first-order valence-electron chi connectivity index (χ1n) is 10.4. The second-order valence-corrected chi connectivity index (χ2v) is 9.60. The Kier molecular flexibility index (Phi) is 5.88. The molecule has 10 heteroatoms. The van der Waals surface area contributed by atoms with Crippen LogP contribution in [0, 0.1) is 13.8 Å². The molecule has 0 saturated heterocycles. The van der Waals surface area contributed by atoms with Crippen molar-refractivity contribution in [2.75, 3.05) is 17.2 Å². The largest absolute Gasteiger partial charge is 0.369 e. The molecular weight excluding hydrogens is 424 g/mol. The van der Waals surface area contributed by atoms with E-state index in [1.807, 2.05) is 31.2 Å². The van der Waals surface area contributed by atoms with Crippen molar-refractivity contribution in [3.63, 3.8) is 0 Å². The molecule has 0 fully saturated rings. The lowest BCUT2D eigenvalue weighted by Gasteiger charge is -2.16. The third-order valence-corrected chi connectivity index (χ3v) is 6.36. The first-order valence-corrected chi connectivity index (χ1v) is 11.2. The van der Waals surface area contributed by atoms with Crippen molar-refractivity contribution >= 4 is 39.0 Å². The minimum Gasteiger partial charge on any atom is -0.369 e. The van der Waals surface area contributed by atoms with Crippen LogP contribution in [0.4, 0.5) is 10.9 Å². The van der Waals surface area contributed by atoms with E-state index in [1.54, 1.807) is 13.1 Å². The van der Waals surface area contributed by atoms with Gasteiger partial charge in [-0.2, -0.15) is 0 Å². The molecule has 0 unspecified atom stereocenters. The highest BCUT2D eigenvalue weighted by Gasteiger charge is 2.21.